The largest absolute Gasteiger partial charge is 0.638 e. The van der Waals surface area contributed by atoms with E-state index < -0.39 is 0 Å². The molecule has 0 aliphatic rings. The summed E-state index contributed by atoms with van der Waals surface area (Å²) in [6.07, 6.45) is 1.99. The number of hydrogen-bond acceptors (Lipinski definition) is 2. The zero-order valence-corrected chi connectivity index (χ0v) is 12.6. The first-order valence-corrected chi connectivity index (χ1v) is 7.58. The van der Waals surface area contributed by atoms with Crippen LogP contribution in [0.25, 0.3) is 16.6 Å². The van der Waals surface area contributed by atoms with Crippen molar-refractivity contribution in [1.29, 1.82) is 0 Å². The van der Waals surface area contributed by atoms with Gasteiger partial charge in [-0.3, -0.25) is 0 Å². The molecule has 0 unspecified atom stereocenters. The lowest BCUT2D eigenvalue weighted by atomic mass is 10.2. The van der Waals surface area contributed by atoms with Crippen LogP contribution in [0.15, 0.2) is 54.6 Å². The van der Waals surface area contributed by atoms with Crippen molar-refractivity contribution in [3.63, 3.8) is 0 Å². The highest BCUT2D eigenvalue weighted by atomic mass is 16.3. The summed E-state index contributed by atoms with van der Waals surface area (Å²) in [5.74, 6) is 0.0482. The molecule has 2 aromatic carbocycles. The highest BCUT2D eigenvalue weighted by Crippen LogP contribution is 2.22. The molecular formula is C18H20N2O2+2. The monoisotopic (exact) mass is 296 g/mol. The minimum Gasteiger partial charge on any atom is -0.459 e. The van der Waals surface area contributed by atoms with E-state index in [0.717, 1.165) is 29.4 Å². The Morgan fingerprint density at radius 3 is 2.32 bits per heavy atom. The summed E-state index contributed by atoms with van der Waals surface area (Å²) in [5, 5.41) is 22.1. The van der Waals surface area contributed by atoms with Crippen LogP contribution < -0.4 is 9.13 Å². The first-order valence-electron chi connectivity index (χ1n) is 7.58. The number of nitrogens with zero attached hydrogens (tertiary/aromatic N) is 2. The van der Waals surface area contributed by atoms with Crippen molar-refractivity contribution in [1.82, 2.24) is 0 Å². The molecule has 1 heterocycles. The van der Waals surface area contributed by atoms with E-state index in [1.54, 1.807) is 0 Å². The highest BCUT2D eigenvalue weighted by molar-refractivity contribution is 5.79. The Morgan fingerprint density at radius 1 is 0.909 bits per heavy atom. The highest BCUT2D eigenvalue weighted by Gasteiger charge is 2.34. The number of aryl methyl sites for hydroxylation is 1. The zero-order chi connectivity index (χ0) is 15.5. The molecule has 0 saturated carbocycles. The molecular weight excluding hydrogens is 276 g/mol. The molecule has 0 atom stereocenters. The lowest BCUT2D eigenvalue weighted by Gasteiger charge is -2.04. The van der Waals surface area contributed by atoms with Gasteiger partial charge in [-0.1, -0.05) is 48.2 Å². The van der Waals surface area contributed by atoms with Crippen molar-refractivity contribution >= 4 is 10.9 Å². The van der Waals surface area contributed by atoms with E-state index in [4.69, 9.17) is 0 Å². The SMILES string of the molecule is CCCC[n+]1c(O)[n+](-c2ccccc2)c(O)c2ccccc21. The molecule has 0 saturated heterocycles. The van der Waals surface area contributed by atoms with Crippen molar-refractivity contribution in [2.75, 3.05) is 0 Å². The van der Waals surface area contributed by atoms with E-state index in [-0.39, 0.29) is 11.9 Å². The Morgan fingerprint density at radius 2 is 1.59 bits per heavy atom. The van der Waals surface area contributed by atoms with Crippen LogP contribution in [0.1, 0.15) is 19.8 Å². The van der Waals surface area contributed by atoms with Crippen molar-refractivity contribution in [2.24, 2.45) is 0 Å². The average molecular weight is 296 g/mol. The fourth-order valence-corrected chi connectivity index (χ4v) is 2.69. The first-order chi connectivity index (χ1) is 10.7. The van der Waals surface area contributed by atoms with E-state index in [2.05, 4.69) is 6.92 Å². The maximum absolute atomic E-state index is 10.7. The normalized spacial score (nSPS) is 11.0. The van der Waals surface area contributed by atoms with Gasteiger partial charge in [0.2, 0.25) is 11.2 Å². The van der Waals surface area contributed by atoms with Gasteiger partial charge in [0, 0.05) is 24.6 Å². The lowest BCUT2D eigenvalue weighted by Crippen LogP contribution is -2.47. The van der Waals surface area contributed by atoms with Crippen LogP contribution in [-0.4, -0.2) is 10.2 Å². The maximum Gasteiger partial charge on any atom is 0.638 e. The number of aromatic hydroxyl groups is 2. The van der Waals surface area contributed by atoms with Gasteiger partial charge in [0.1, 0.15) is 0 Å². The standard InChI is InChI=1S/C18H18N2O2/c1-2-3-13-19-16-12-8-7-11-15(16)17(21)20(18(19)22)14-9-5-4-6-10-14/h4-12H,2-3,13H2,1H3/p+2. The van der Waals surface area contributed by atoms with Crippen LogP contribution in [0.4, 0.5) is 0 Å². The maximum atomic E-state index is 10.7. The van der Waals surface area contributed by atoms with Crippen molar-refractivity contribution in [3.8, 4) is 17.6 Å². The number of para-hydroxylation sites is 2. The summed E-state index contributed by atoms with van der Waals surface area (Å²) in [6.45, 7) is 2.82. The van der Waals surface area contributed by atoms with Crippen LogP contribution in [0.5, 0.6) is 11.9 Å². The first kappa shape index (κ1) is 14.3. The molecule has 0 aliphatic heterocycles. The van der Waals surface area contributed by atoms with E-state index in [1.807, 2.05) is 59.2 Å². The average Bonchev–Trinajstić information content (AvgIpc) is 2.56. The van der Waals surface area contributed by atoms with Gasteiger partial charge in [0.25, 0.3) is 0 Å². The minimum absolute atomic E-state index is 0.0378. The number of unbranched alkanes of at least 4 members (excludes halogenated alkanes) is 1. The summed E-state index contributed by atoms with van der Waals surface area (Å²) in [4.78, 5) is 0. The lowest BCUT2D eigenvalue weighted by molar-refractivity contribution is -0.781. The Labute approximate surface area is 129 Å². The van der Waals surface area contributed by atoms with Crippen LogP contribution in [0, 0.1) is 0 Å². The Hall–Kier alpha value is -2.62. The third-order valence-corrected chi connectivity index (χ3v) is 3.84. The number of rotatable bonds is 4. The molecule has 0 spiro atoms. The van der Waals surface area contributed by atoms with Crippen molar-refractivity contribution in [3.05, 3.63) is 54.6 Å². The molecule has 22 heavy (non-hydrogen) atoms. The molecule has 2 N–H and O–H groups in total. The van der Waals surface area contributed by atoms with Crippen molar-refractivity contribution < 1.29 is 19.3 Å². The van der Waals surface area contributed by atoms with Gasteiger partial charge in [0.05, 0.1) is 0 Å². The van der Waals surface area contributed by atoms with Gasteiger partial charge in [-0.15, -0.1) is 0 Å². The van der Waals surface area contributed by atoms with Crippen LogP contribution >= 0.6 is 0 Å². The molecule has 0 aliphatic carbocycles. The fraction of sp³-hybridized carbons (Fsp3) is 0.222. The molecule has 0 radical (unpaired) electrons. The van der Waals surface area contributed by atoms with Crippen LogP contribution in [-0.2, 0) is 6.54 Å². The quantitative estimate of drug-likeness (QED) is 0.727. The topological polar surface area (TPSA) is 48.2 Å². The van der Waals surface area contributed by atoms with Crippen molar-refractivity contribution in [2.45, 2.75) is 26.3 Å². The third kappa shape index (κ3) is 2.37. The zero-order valence-electron chi connectivity index (χ0n) is 12.6. The number of fused-ring (bicyclic) bond motifs is 1. The molecule has 3 aromatic rings. The van der Waals surface area contributed by atoms with E-state index in [1.165, 1.54) is 4.57 Å². The Kier molecular flexibility index (Phi) is 3.92. The van der Waals surface area contributed by atoms with E-state index >= 15 is 0 Å². The minimum atomic E-state index is 0.0378. The molecule has 112 valence electrons. The number of benzene rings is 2. The Bertz CT molecular complexity index is 801. The van der Waals surface area contributed by atoms with Gasteiger partial charge in [0.15, 0.2) is 11.9 Å². The van der Waals surface area contributed by atoms with E-state index in [9.17, 15) is 10.2 Å². The predicted octanol–water partition coefficient (Wildman–Crippen LogP) is 2.62. The molecule has 0 fully saturated rings. The summed E-state index contributed by atoms with van der Waals surface area (Å²) in [5.41, 5.74) is 1.56. The molecule has 4 heteroatoms. The van der Waals surface area contributed by atoms with Crippen LogP contribution in [0.2, 0.25) is 0 Å². The summed E-state index contributed by atoms with van der Waals surface area (Å²) < 4.78 is 3.34. The Balaban J connectivity index is 2.33. The fourth-order valence-electron chi connectivity index (χ4n) is 2.69. The summed E-state index contributed by atoms with van der Waals surface area (Å²) in [7, 11) is 0. The summed E-state index contributed by atoms with van der Waals surface area (Å²) in [6, 6.07) is 17.0. The second-order valence-corrected chi connectivity index (χ2v) is 5.32. The van der Waals surface area contributed by atoms with Crippen LogP contribution in [0.3, 0.4) is 0 Å². The van der Waals surface area contributed by atoms with E-state index in [0.29, 0.717) is 6.54 Å². The van der Waals surface area contributed by atoms with Gasteiger partial charge < -0.3 is 10.2 Å². The molecule has 0 bridgehead atoms. The molecule has 0 amide bonds. The molecule has 3 rings (SSSR count). The second kappa shape index (κ2) is 6.02. The summed E-state index contributed by atoms with van der Waals surface area (Å²) >= 11 is 0. The number of aromatic nitrogens is 2. The molecule has 1 aromatic heterocycles. The third-order valence-electron chi connectivity index (χ3n) is 3.84. The number of hydrogen-bond donors (Lipinski definition) is 2. The predicted molar refractivity (Wildman–Crippen MR) is 83.9 cm³/mol. The van der Waals surface area contributed by atoms with Gasteiger partial charge in [-0.25, -0.2) is 0 Å². The van der Waals surface area contributed by atoms with Gasteiger partial charge in [-0.05, 0) is 10.6 Å². The second-order valence-electron chi connectivity index (χ2n) is 5.32. The smallest absolute Gasteiger partial charge is 0.459 e. The van der Waals surface area contributed by atoms with Gasteiger partial charge in [-0.2, -0.15) is 0 Å². The van der Waals surface area contributed by atoms with Gasteiger partial charge >= 0.3 is 11.9 Å². The molecule has 4 nitrogen and oxygen atoms in total.